The first kappa shape index (κ1) is 16.3. The highest BCUT2D eigenvalue weighted by Gasteiger charge is 2.41. The number of nitrogens with one attached hydrogen (secondary N) is 1. The minimum absolute atomic E-state index is 0.0290. The van der Waals surface area contributed by atoms with Crippen molar-refractivity contribution in [2.75, 3.05) is 11.5 Å². The quantitative estimate of drug-likeness (QED) is 0.756. The van der Waals surface area contributed by atoms with Gasteiger partial charge in [-0.05, 0) is 19.3 Å². The van der Waals surface area contributed by atoms with Crippen LogP contribution in [0.4, 0.5) is 0 Å². The van der Waals surface area contributed by atoms with Crippen molar-refractivity contribution in [2.45, 2.75) is 57.4 Å². The van der Waals surface area contributed by atoms with Crippen molar-refractivity contribution in [3.05, 3.63) is 0 Å². The van der Waals surface area contributed by atoms with Crippen molar-refractivity contribution in [2.24, 2.45) is 5.41 Å². The Hall–Kier alpha value is -1.11. The predicted octanol–water partition coefficient (Wildman–Crippen LogP) is 1.11. The van der Waals surface area contributed by atoms with Gasteiger partial charge in [0.2, 0.25) is 5.91 Å². The second-order valence-electron chi connectivity index (χ2n) is 6.34. The van der Waals surface area contributed by atoms with Crippen LogP contribution in [-0.4, -0.2) is 42.9 Å². The van der Waals surface area contributed by atoms with Crippen LogP contribution >= 0.6 is 0 Å². The zero-order valence-electron chi connectivity index (χ0n) is 12.1. The molecule has 1 heterocycles. The fraction of sp³-hybridized carbons (Fsp3) is 0.857. The monoisotopic (exact) mass is 317 g/mol. The van der Waals surface area contributed by atoms with Gasteiger partial charge in [-0.15, -0.1) is 0 Å². The molecule has 1 saturated carbocycles. The first-order valence-electron chi connectivity index (χ1n) is 7.56. The molecule has 1 saturated heterocycles. The summed E-state index contributed by atoms with van der Waals surface area (Å²) in [5.41, 5.74) is -0.974. The van der Waals surface area contributed by atoms with Crippen LogP contribution in [0.2, 0.25) is 0 Å². The molecule has 0 aromatic rings. The molecule has 0 spiro atoms. The number of carboxylic acid groups (broad SMARTS) is 1. The molecule has 2 rings (SSSR count). The SMILES string of the molecule is O=C(CC1(C(=O)O)CCCCCC1)NC1CCS(=O)(=O)C1. The van der Waals surface area contributed by atoms with E-state index in [9.17, 15) is 23.1 Å². The van der Waals surface area contributed by atoms with Crippen molar-refractivity contribution >= 4 is 21.7 Å². The zero-order valence-corrected chi connectivity index (χ0v) is 13.0. The van der Waals surface area contributed by atoms with E-state index in [1.807, 2.05) is 0 Å². The average molecular weight is 317 g/mol. The molecule has 120 valence electrons. The van der Waals surface area contributed by atoms with E-state index in [0.29, 0.717) is 19.3 Å². The van der Waals surface area contributed by atoms with Crippen molar-refractivity contribution in [1.82, 2.24) is 5.32 Å². The van der Waals surface area contributed by atoms with E-state index in [0.717, 1.165) is 25.7 Å². The lowest BCUT2D eigenvalue weighted by atomic mass is 9.77. The smallest absolute Gasteiger partial charge is 0.310 e. The molecule has 2 fully saturated rings. The van der Waals surface area contributed by atoms with Crippen LogP contribution in [0.3, 0.4) is 0 Å². The molecule has 1 atom stereocenters. The molecule has 0 aromatic heterocycles. The summed E-state index contributed by atoms with van der Waals surface area (Å²) in [4.78, 5) is 23.8. The fourth-order valence-electron chi connectivity index (χ4n) is 3.37. The fourth-order valence-corrected chi connectivity index (χ4v) is 5.04. The number of carbonyl (C=O) groups is 2. The van der Waals surface area contributed by atoms with E-state index < -0.39 is 21.2 Å². The van der Waals surface area contributed by atoms with Gasteiger partial charge in [0.15, 0.2) is 9.84 Å². The standard InChI is InChI=1S/C14H23NO5S/c16-12(15-11-5-8-21(19,20)10-11)9-14(13(17)18)6-3-1-2-4-7-14/h11H,1-10H2,(H,15,16)(H,17,18). The van der Waals surface area contributed by atoms with Crippen molar-refractivity contribution in [1.29, 1.82) is 0 Å². The minimum atomic E-state index is -3.04. The molecule has 0 bridgehead atoms. The first-order chi connectivity index (χ1) is 9.83. The van der Waals surface area contributed by atoms with Crippen LogP contribution in [0.15, 0.2) is 0 Å². The van der Waals surface area contributed by atoms with Gasteiger partial charge in [0.1, 0.15) is 0 Å². The highest BCUT2D eigenvalue weighted by molar-refractivity contribution is 7.91. The summed E-state index contributed by atoms with van der Waals surface area (Å²) in [6.07, 6.45) is 5.12. The maximum Gasteiger partial charge on any atom is 0.310 e. The maximum atomic E-state index is 12.1. The van der Waals surface area contributed by atoms with Gasteiger partial charge in [0, 0.05) is 12.5 Å². The highest BCUT2D eigenvalue weighted by Crippen LogP contribution is 2.38. The maximum absolute atomic E-state index is 12.1. The third kappa shape index (κ3) is 4.18. The Bertz CT molecular complexity index is 505. The molecule has 1 aliphatic heterocycles. The molecule has 7 heteroatoms. The van der Waals surface area contributed by atoms with Crippen molar-refractivity contribution in [3.63, 3.8) is 0 Å². The molecular formula is C14H23NO5S. The second kappa shape index (κ2) is 6.34. The summed E-state index contributed by atoms with van der Waals surface area (Å²) >= 11 is 0. The molecule has 1 unspecified atom stereocenters. The van der Waals surface area contributed by atoms with Gasteiger partial charge in [-0.1, -0.05) is 25.7 Å². The Morgan fingerprint density at radius 2 is 1.76 bits per heavy atom. The number of carboxylic acids is 1. The third-order valence-corrected chi connectivity index (χ3v) is 6.38. The van der Waals surface area contributed by atoms with E-state index in [1.165, 1.54) is 0 Å². The topological polar surface area (TPSA) is 101 Å². The largest absolute Gasteiger partial charge is 0.481 e. The summed E-state index contributed by atoms with van der Waals surface area (Å²) in [6.45, 7) is 0. The van der Waals surface area contributed by atoms with E-state index >= 15 is 0 Å². The number of amides is 1. The van der Waals surface area contributed by atoms with Crippen molar-refractivity contribution < 1.29 is 23.1 Å². The highest BCUT2D eigenvalue weighted by atomic mass is 32.2. The lowest BCUT2D eigenvalue weighted by Gasteiger charge is -2.27. The van der Waals surface area contributed by atoms with E-state index in [2.05, 4.69) is 5.32 Å². The third-order valence-electron chi connectivity index (χ3n) is 4.61. The van der Waals surface area contributed by atoms with Gasteiger partial charge in [-0.25, -0.2) is 8.42 Å². The molecule has 2 aliphatic rings. The average Bonchev–Trinajstić information content (AvgIpc) is 2.61. The Kier molecular flexibility index (Phi) is 4.91. The van der Waals surface area contributed by atoms with Crippen LogP contribution in [-0.2, 0) is 19.4 Å². The summed E-state index contributed by atoms with van der Waals surface area (Å²) in [7, 11) is -3.04. The van der Waals surface area contributed by atoms with E-state index in [4.69, 9.17) is 0 Å². The molecule has 0 radical (unpaired) electrons. The number of hydrogen-bond acceptors (Lipinski definition) is 4. The molecule has 2 N–H and O–H groups in total. The number of rotatable bonds is 4. The lowest BCUT2D eigenvalue weighted by molar-refractivity contribution is -0.153. The van der Waals surface area contributed by atoms with E-state index in [-0.39, 0.29) is 29.9 Å². The number of hydrogen-bond donors (Lipinski definition) is 2. The normalized spacial score (nSPS) is 27.7. The molecule has 1 aliphatic carbocycles. The zero-order chi connectivity index (χ0) is 15.5. The lowest BCUT2D eigenvalue weighted by Crippen LogP contribution is -2.41. The Balaban J connectivity index is 1.97. The summed E-state index contributed by atoms with van der Waals surface area (Å²) in [6, 6.07) is -0.362. The molecule has 6 nitrogen and oxygen atoms in total. The van der Waals surface area contributed by atoms with Crippen LogP contribution in [0, 0.1) is 5.41 Å². The summed E-state index contributed by atoms with van der Waals surface area (Å²) in [5.74, 6) is -1.17. The molecule has 0 aromatic carbocycles. The van der Waals surface area contributed by atoms with Gasteiger partial charge in [-0.3, -0.25) is 9.59 Å². The molecule has 21 heavy (non-hydrogen) atoms. The van der Waals surface area contributed by atoms with Gasteiger partial charge in [0.05, 0.1) is 16.9 Å². The second-order valence-corrected chi connectivity index (χ2v) is 8.57. The summed E-state index contributed by atoms with van der Waals surface area (Å²) in [5, 5.41) is 12.2. The molecular weight excluding hydrogens is 294 g/mol. The summed E-state index contributed by atoms with van der Waals surface area (Å²) < 4.78 is 22.8. The van der Waals surface area contributed by atoms with Gasteiger partial charge in [0.25, 0.3) is 0 Å². The number of sulfone groups is 1. The van der Waals surface area contributed by atoms with Gasteiger partial charge >= 0.3 is 5.97 Å². The minimum Gasteiger partial charge on any atom is -0.481 e. The van der Waals surface area contributed by atoms with Crippen LogP contribution in [0.1, 0.15) is 51.4 Å². The first-order valence-corrected chi connectivity index (χ1v) is 9.38. The number of carbonyl (C=O) groups excluding carboxylic acids is 1. The Morgan fingerprint density at radius 1 is 1.14 bits per heavy atom. The Morgan fingerprint density at radius 3 is 2.24 bits per heavy atom. The van der Waals surface area contributed by atoms with Crippen LogP contribution in [0.25, 0.3) is 0 Å². The van der Waals surface area contributed by atoms with Gasteiger partial charge < -0.3 is 10.4 Å². The van der Waals surface area contributed by atoms with Crippen molar-refractivity contribution in [3.8, 4) is 0 Å². The Labute approximate surface area is 125 Å². The predicted molar refractivity (Wildman–Crippen MR) is 77.6 cm³/mol. The van der Waals surface area contributed by atoms with Crippen LogP contribution in [0.5, 0.6) is 0 Å². The molecule has 1 amide bonds. The number of aliphatic carboxylic acids is 1. The van der Waals surface area contributed by atoms with Gasteiger partial charge in [-0.2, -0.15) is 0 Å². The van der Waals surface area contributed by atoms with E-state index in [1.54, 1.807) is 0 Å². The van der Waals surface area contributed by atoms with Crippen LogP contribution < -0.4 is 5.32 Å².